The van der Waals surface area contributed by atoms with Gasteiger partial charge in [-0.2, -0.15) is 0 Å². The fourth-order valence-electron chi connectivity index (χ4n) is 6.90. The second-order valence-electron chi connectivity index (χ2n) is 11.8. The molecule has 0 amide bonds. The third-order valence-electron chi connectivity index (χ3n) is 9.04. The number of fused-ring (bicyclic) bond motifs is 7. The number of hydrogen-bond acceptors (Lipinski definition) is 6. The van der Waals surface area contributed by atoms with Crippen LogP contribution in [0.25, 0.3) is 100 Å². The molecular weight excluding hydrogens is 592 g/mol. The number of furan rings is 2. The van der Waals surface area contributed by atoms with Gasteiger partial charge in [0.2, 0.25) is 5.71 Å². The molecule has 0 aliphatic carbocycles. The first-order chi connectivity index (χ1) is 23.8. The zero-order chi connectivity index (χ0) is 31.6. The third-order valence-corrected chi connectivity index (χ3v) is 9.04. The lowest BCUT2D eigenvalue weighted by Gasteiger charge is -2.13. The maximum absolute atomic E-state index is 6.24. The molecule has 0 aliphatic heterocycles. The van der Waals surface area contributed by atoms with Crippen molar-refractivity contribution in [2.45, 2.75) is 0 Å². The Balaban J connectivity index is 1.23. The second kappa shape index (κ2) is 10.4. The summed E-state index contributed by atoms with van der Waals surface area (Å²) in [6.45, 7) is 0. The third kappa shape index (κ3) is 4.06. The molecule has 6 aromatic carbocycles. The average molecular weight is 617 g/mol. The summed E-state index contributed by atoms with van der Waals surface area (Å²) in [5.74, 6) is 1.74. The first-order valence-electron chi connectivity index (χ1n) is 15.8. The van der Waals surface area contributed by atoms with Crippen molar-refractivity contribution in [2.75, 3.05) is 0 Å². The quantitative estimate of drug-likeness (QED) is 0.196. The maximum Gasteiger partial charge on any atom is 0.228 e. The molecule has 0 fully saturated rings. The number of nitrogens with zero attached hydrogens (tertiary/aromatic N) is 4. The molecule has 6 nitrogen and oxygen atoms in total. The van der Waals surface area contributed by atoms with Gasteiger partial charge >= 0.3 is 0 Å². The number of hydrogen-bond donors (Lipinski definition) is 0. The molecule has 224 valence electrons. The largest absolute Gasteiger partial charge is 0.456 e. The van der Waals surface area contributed by atoms with Crippen LogP contribution < -0.4 is 0 Å². The van der Waals surface area contributed by atoms with Crippen LogP contribution in [0.2, 0.25) is 0 Å². The predicted molar refractivity (Wildman–Crippen MR) is 191 cm³/mol. The topological polar surface area (TPSA) is 77.8 Å². The van der Waals surface area contributed by atoms with Gasteiger partial charge in [0.15, 0.2) is 17.5 Å². The minimum Gasteiger partial charge on any atom is -0.456 e. The Bertz CT molecular complexity index is 2850. The molecule has 10 rings (SSSR count). The SMILES string of the molecule is c1ccc(-c2nc(-c3cccc4c(-c5cccc6oc7ccccc7c56)cccc34)nc(-c3ccnc4oc5ccccc5c34)n2)cc1. The van der Waals surface area contributed by atoms with Crippen molar-refractivity contribution in [1.82, 2.24) is 19.9 Å². The van der Waals surface area contributed by atoms with Crippen LogP contribution in [0.5, 0.6) is 0 Å². The van der Waals surface area contributed by atoms with E-state index in [1.807, 2.05) is 78.9 Å². The second-order valence-corrected chi connectivity index (χ2v) is 11.8. The smallest absolute Gasteiger partial charge is 0.228 e. The molecule has 4 aromatic heterocycles. The van der Waals surface area contributed by atoms with Crippen molar-refractivity contribution in [3.8, 4) is 45.3 Å². The normalized spacial score (nSPS) is 11.8. The van der Waals surface area contributed by atoms with Crippen molar-refractivity contribution >= 4 is 54.8 Å². The highest BCUT2D eigenvalue weighted by molar-refractivity contribution is 6.16. The average Bonchev–Trinajstić information content (AvgIpc) is 3.73. The zero-order valence-electron chi connectivity index (χ0n) is 25.5. The van der Waals surface area contributed by atoms with Crippen molar-refractivity contribution < 1.29 is 8.83 Å². The number of aromatic nitrogens is 4. The number of benzene rings is 6. The van der Waals surface area contributed by atoms with E-state index in [1.165, 1.54) is 0 Å². The van der Waals surface area contributed by atoms with Crippen molar-refractivity contribution in [2.24, 2.45) is 0 Å². The molecule has 48 heavy (non-hydrogen) atoms. The molecule has 0 radical (unpaired) electrons. The van der Waals surface area contributed by atoms with Gasteiger partial charge in [-0.25, -0.2) is 19.9 Å². The van der Waals surface area contributed by atoms with E-state index in [2.05, 4.69) is 65.6 Å². The van der Waals surface area contributed by atoms with Gasteiger partial charge < -0.3 is 8.83 Å². The Kier molecular flexibility index (Phi) is 5.77. The van der Waals surface area contributed by atoms with Gasteiger partial charge in [0.05, 0.1) is 5.39 Å². The molecule has 6 heteroatoms. The van der Waals surface area contributed by atoms with Crippen LogP contribution in [0.1, 0.15) is 0 Å². The Morgan fingerprint density at radius 1 is 0.354 bits per heavy atom. The van der Waals surface area contributed by atoms with Gasteiger partial charge in [-0.15, -0.1) is 0 Å². The fourth-order valence-corrected chi connectivity index (χ4v) is 6.90. The first kappa shape index (κ1) is 26.5. The maximum atomic E-state index is 6.24. The molecule has 0 aliphatic rings. The molecular formula is C42H24N4O2. The lowest BCUT2D eigenvalue weighted by atomic mass is 9.93. The minimum atomic E-state index is 0.549. The van der Waals surface area contributed by atoms with Gasteiger partial charge in [0.1, 0.15) is 16.7 Å². The molecule has 0 bridgehead atoms. The fraction of sp³-hybridized carbons (Fsp3) is 0. The van der Waals surface area contributed by atoms with Gasteiger partial charge in [0.25, 0.3) is 0 Å². The number of pyridine rings is 1. The summed E-state index contributed by atoms with van der Waals surface area (Å²) in [5, 5.41) is 6.20. The highest BCUT2D eigenvalue weighted by Gasteiger charge is 2.20. The first-order valence-corrected chi connectivity index (χ1v) is 15.8. The number of rotatable bonds is 4. The van der Waals surface area contributed by atoms with E-state index in [9.17, 15) is 0 Å². The molecule has 0 N–H and O–H groups in total. The van der Waals surface area contributed by atoms with Crippen LogP contribution in [0.4, 0.5) is 0 Å². The van der Waals surface area contributed by atoms with E-state index >= 15 is 0 Å². The van der Waals surface area contributed by atoms with Gasteiger partial charge in [-0.3, -0.25) is 0 Å². The molecule has 10 aromatic rings. The van der Waals surface area contributed by atoms with Gasteiger partial charge in [-0.05, 0) is 46.2 Å². The molecule has 0 saturated carbocycles. The van der Waals surface area contributed by atoms with Crippen molar-refractivity contribution in [3.63, 3.8) is 0 Å². The zero-order valence-corrected chi connectivity index (χ0v) is 25.5. The molecule has 0 unspecified atom stereocenters. The Hall–Kier alpha value is -6.66. The molecule has 0 saturated heterocycles. The van der Waals surface area contributed by atoms with Gasteiger partial charge in [-0.1, -0.05) is 115 Å². The van der Waals surface area contributed by atoms with E-state index < -0.39 is 0 Å². The van der Waals surface area contributed by atoms with E-state index in [1.54, 1.807) is 6.20 Å². The standard InChI is InChI=1S/C42H24N4O2/c1-2-11-25(12-3-1)39-44-40(46-41(45-39)33-23-24-43-42-38(33)32-14-5-7-21-35(32)48-42)30-19-9-15-26-27(16-8-17-28(26)30)29-18-10-22-36-37(29)31-13-4-6-20-34(31)47-36/h1-24H. The summed E-state index contributed by atoms with van der Waals surface area (Å²) in [5.41, 5.74) is 7.96. The summed E-state index contributed by atoms with van der Waals surface area (Å²) >= 11 is 0. The summed E-state index contributed by atoms with van der Waals surface area (Å²) in [4.78, 5) is 19.8. The van der Waals surface area contributed by atoms with E-state index in [0.29, 0.717) is 23.2 Å². The summed E-state index contributed by atoms with van der Waals surface area (Å²) < 4.78 is 12.4. The van der Waals surface area contributed by atoms with Crippen LogP contribution in [0.3, 0.4) is 0 Å². The Morgan fingerprint density at radius 2 is 0.917 bits per heavy atom. The molecule has 0 atom stereocenters. The molecule has 4 heterocycles. The summed E-state index contributed by atoms with van der Waals surface area (Å²) in [6, 6.07) is 47.2. The predicted octanol–water partition coefficient (Wildman–Crippen LogP) is 10.9. The number of para-hydroxylation sites is 2. The molecule has 0 spiro atoms. The lowest BCUT2D eigenvalue weighted by molar-refractivity contribution is 0.654. The van der Waals surface area contributed by atoms with E-state index in [0.717, 1.165) is 76.9 Å². The van der Waals surface area contributed by atoms with Crippen LogP contribution in [-0.4, -0.2) is 19.9 Å². The highest BCUT2D eigenvalue weighted by atomic mass is 16.3. The van der Waals surface area contributed by atoms with E-state index in [-0.39, 0.29) is 0 Å². The van der Waals surface area contributed by atoms with Gasteiger partial charge in [0, 0.05) is 39.0 Å². The van der Waals surface area contributed by atoms with Crippen molar-refractivity contribution in [3.05, 3.63) is 146 Å². The lowest BCUT2D eigenvalue weighted by Crippen LogP contribution is -2.01. The summed E-state index contributed by atoms with van der Waals surface area (Å²) in [7, 11) is 0. The Morgan fingerprint density at radius 3 is 1.73 bits per heavy atom. The van der Waals surface area contributed by atoms with Crippen LogP contribution in [-0.2, 0) is 0 Å². The highest BCUT2D eigenvalue weighted by Crippen LogP contribution is 2.41. The Labute approximate surface area is 274 Å². The monoisotopic (exact) mass is 616 g/mol. The summed E-state index contributed by atoms with van der Waals surface area (Å²) in [6.07, 6.45) is 1.75. The van der Waals surface area contributed by atoms with E-state index in [4.69, 9.17) is 23.8 Å². The van der Waals surface area contributed by atoms with Crippen LogP contribution in [0.15, 0.2) is 155 Å². The van der Waals surface area contributed by atoms with Crippen molar-refractivity contribution in [1.29, 1.82) is 0 Å². The minimum absolute atomic E-state index is 0.549. The van der Waals surface area contributed by atoms with Crippen LogP contribution in [0, 0.1) is 0 Å². The van der Waals surface area contributed by atoms with Crippen LogP contribution >= 0.6 is 0 Å².